The van der Waals surface area contributed by atoms with Crippen molar-refractivity contribution in [1.82, 2.24) is 0 Å². The number of thiazole rings is 1. The highest BCUT2D eigenvalue weighted by Crippen LogP contribution is 2.36. The van der Waals surface area contributed by atoms with Gasteiger partial charge in [-0.05, 0) is 50.0 Å². The molecule has 1 heterocycles. The molecule has 0 atom stereocenters. The van der Waals surface area contributed by atoms with Crippen LogP contribution in [0.4, 0.5) is 0 Å². The van der Waals surface area contributed by atoms with E-state index in [4.69, 9.17) is 0 Å². The summed E-state index contributed by atoms with van der Waals surface area (Å²) in [4.78, 5) is 0. The van der Waals surface area contributed by atoms with Gasteiger partial charge >= 0.3 is 0 Å². The van der Waals surface area contributed by atoms with Gasteiger partial charge in [-0.25, -0.2) is 0 Å². The summed E-state index contributed by atoms with van der Waals surface area (Å²) < 4.78 is 3.59. The van der Waals surface area contributed by atoms with Gasteiger partial charge in [-0.1, -0.05) is 78.1 Å². The Morgan fingerprint density at radius 1 is 0.679 bits per heavy atom. The smallest absolute Gasteiger partial charge is 0.185 e. The number of rotatable bonds is 2. The first-order valence-electron chi connectivity index (χ1n) is 9.52. The van der Waals surface area contributed by atoms with Crippen LogP contribution in [0.3, 0.4) is 0 Å². The molecule has 6 rings (SSSR count). The van der Waals surface area contributed by atoms with Crippen molar-refractivity contribution in [2.75, 3.05) is 0 Å². The Bertz CT molecular complexity index is 1500. The average molecular weight is 377 g/mol. The number of para-hydroxylation sites is 1. The molecule has 0 aliphatic rings. The molecule has 0 fully saturated rings. The molecule has 28 heavy (non-hydrogen) atoms. The first-order chi connectivity index (χ1) is 13.8. The maximum absolute atomic E-state index is 2.27. The van der Waals surface area contributed by atoms with Crippen LogP contribution in [-0.2, 0) is 7.05 Å². The number of hydrogen-bond donors (Lipinski definition) is 0. The van der Waals surface area contributed by atoms with Crippen LogP contribution in [0.1, 0.15) is 10.6 Å². The summed E-state index contributed by atoms with van der Waals surface area (Å²) in [7, 11) is 2.14. The number of hydrogen-bond acceptors (Lipinski definition) is 1. The molecular weight excluding hydrogens is 358 g/mol. The quantitative estimate of drug-likeness (QED) is 0.231. The first kappa shape index (κ1) is 15.8. The lowest BCUT2D eigenvalue weighted by molar-refractivity contribution is -0.642. The maximum atomic E-state index is 2.27. The van der Waals surface area contributed by atoms with E-state index in [-0.39, 0.29) is 0 Å². The van der Waals surface area contributed by atoms with E-state index in [2.05, 4.69) is 103 Å². The second-order valence-electron chi connectivity index (χ2n) is 7.31. The molecule has 0 bridgehead atoms. The van der Waals surface area contributed by atoms with Gasteiger partial charge in [-0.3, -0.25) is 0 Å². The van der Waals surface area contributed by atoms with Crippen LogP contribution in [0.15, 0.2) is 78.9 Å². The Morgan fingerprint density at radius 2 is 1.39 bits per heavy atom. The molecule has 5 aromatic carbocycles. The van der Waals surface area contributed by atoms with E-state index in [9.17, 15) is 0 Å². The summed E-state index contributed by atoms with van der Waals surface area (Å²) >= 11 is 1.83. The third kappa shape index (κ3) is 2.22. The third-order valence-corrected chi connectivity index (χ3v) is 6.92. The summed E-state index contributed by atoms with van der Waals surface area (Å²) in [6.07, 6.45) is 4.51. The van der Waals surface area contributed by atoms with Crippen molar-refractivity contribution in [2.24, 2.45) is 7.05 Å². The van der Waals surface area contributed by atoms with Crippen molar-refractivity contribution in [3.8, 4) is 0 Å². The fourth-order valence-corrected chi connectivity index (χ4v) is 5.38. The Labute approximate surface area is 167 Å². The molecule has 0 unspecified atom stereocenters. The highest BCUT2D eigenvalue weighted by Gasteiger charge is 2.14. The molecule has 0 N–H and O–H groups in total. The van der Waals surface area contributed by atoms with Gasteiger partial charge in [-0.2, -0.15) is 4.57 Å². The third-order valence-electron chi connectivity index (χ3n) is 5.74. The van der Waals surface area contributed by atoms with Gasteiger partial charge in [0.2, 0.25) is 5.52 Å². The molecule has 6 aromatic rings. The summed E-state index contributed by atoms with van der Waals surface area (Å²) in [6.45, 7) is 0. The van der Waals surface area contributed by atoms with E-state index in [1.165, 1.54) is 53.1 Å². The van der Waals surface area contributed by atoms with Gasteiger partial charge in [0.25, 0.3) is 5.01 Å². The fourth-order valence-electron chi connectivity index (χ4n) is 4.33. The second kappa shape index (κ2) is 5.88. The predicted octanol–water partition coefficient (Wildman–Crippen LogP) is 6.79. The second-order valence-corrected chi connectivity index (χ2v) is 8.37. The van der Waals surface area contributed by atoms with Crippen LogP contribution in [0.25, 0.3) is 54.7 Å². The van der Waals surface area contributed by atoms with Gasteiger partial charge < -0.3 is 0 Å². The molecule has 0 saturated heterocycles. The molecule has 0 amide bonds. The van der Waals surface area contributed by atoms with Crippen molar-refractivity contribution < 1.29 is 4.57 Å². The van der Waals surface area contributed by atoms with Crippen LogP contribution in [0, 0.1) is 0 Å². The zero-order valence-corrected chi connectivity index (χ0v) is 16.3. The lowest BCUT2D eigenvalue weighted by Gasteiger charge is -2.12. The molecule has 0 spiro atoms. The molecule has 0 radical (unpaired) electrons. The minimum absolute atomic E-state index is 1.26. The van der Waals surface area contributed by atoms with Gasteiger partial charge in [0.15, 0.2) is 0 Å². The summed E-state index contributed by atoms with van der Waals surface area (Å²) in [6, 6.07) is 28.6. The number of fused-ring (bicyclic) bond motifs is 1. The van der Waals surface area contributed by atoms with Gasteiger partial charge in [-0.15, -0.1) is 0 Å². The topological polar surface area (TPSA) is 3.88 Å². The van der Waals surface area contributed by atoms with Crippen molar-refractivity contribution in [2.45, 2.75) is 0 Å². The van der Waals surface area contributed by atoms with Gasteiger partial charge in [0.1, 0.15) is 11.7 Å². The summed E-state index contributed by atoms with van der Waals surface area (Å²) in [5.74, 6) is 0. The van der Waals surface area contributed by atoms with Crippen molar-refractivity contribution in [1.29, 1.82) is 0 Å². The molecule has 0 aliphatic heterocycles. The maximum Gasteiger partial charge on any atom is 0.262 e. The van der Waals surface area contributed by atoms with Crippen LogP contribution in [0.2, 0.25) is 0 Å². The van der Waals surface area contributed by atoms with E-state index < -0.39 is 0 Å². The highest BCUT2D eigenvalue weighted by atomic mass is 32.1. The molecule has 0 aliphatic carbocycles. The Hall–Kier alpha value is -3.23. The molecule has 1 nitrogen and oxygen atoms in total. The molecule has 1 aromatic heterocycles. The average Bonchev–Trinajstić information content (AvgIpc) is 3.07. The summed E-state index contributed by atoms with van der Waals surface area (Å²) in [5, 5.41) is 9.26. The zero-order valence-electron chi connectivity index (χ0n) is 15.5. The molecule has 2 heteroatoms. The van der Waals surface area contributed by atoms with E-state index >= 15 is 0 Å². The SMILES string of the molecule is C[n+]1c(/C=C/c2ccc3ccc4cccc5ccc2c3c45)sc2ccccc21. The van der Waals surface area contributed by atoms with Crippen LogP contribution in [0.5, 0.6) is 0 Å². The van der Waals surface area contributed by atoms with E-state index in [1.807, 2.05) is 11.3 Å². The lowest BCUT2D eigenvalue weighted by atomic mass is 9.92. The van der Waals surface area contributed by atoms with E-state index in [0.29, 0.717) is 0 Å². The van der Waals surface area contributed by atoms with Crippen LogP contribution in [-0.4, -0.2) is 0 Å². The summed E-state index contributed by atoms with van der Waals surface area (Å²) in [5.41, 5.74) is 2.55. The first-order valence-corrected chi connectivity index (χ1v) is 10.3. The monoisotopic (exact) mass is 376 g/mol. The number of aryl methyl sites for hydroxylation is 1. The van der Waals surface area contributed by atoms with Gasteiger partial charge in [0.05, 0.1) is 0 Å². The fraction of sp³-hybridized carbons (Fsp3) is 0.0385. The zero-order chi connectivity index (χ0) is 18.7. The predicted molar refractivity (Wildman–Crippen MR) is 122 cm³/mol. The van der Waals surface area contributed by atoms with Crippen LogP contribution >= 0.6 is 11.3 Å². The van der Waals surface area contributed by atoms with Gasteiger partial charge in [0, 0.05) is 12.1 Å². The normalized spacial score (nSPS) is 12.3. The molecule has 0 saturated carbocycles. The number of aromatic nitrogens is 1. The Morgan fingerprint density at radius 3 is 2.21 bits per heavy atom. The van der Waals surface area contributed by atoms with Crippen LogP contribution < -0.4 is 4.57 Å². The van der Waals surface area contributed by atoms with Crippen molar-refractivity contribution >= 4 is 66.0 Å². The Kier molecular flexibility index (Phi) is 3.32. The van der Waals surface area contributed by atoms with Crippen molar-refractivity contribution in [3.63, 3.8) is 0 Å². The largest absolute Gasteiger partial charge is 0.262 e. The minimum atomic E-state index is 1.26. The lowest BCUT2D eigenvalue weighted by Crippen LogP contribution is -2.28. The number of benzene rings is 5. The molecule has 132 valence electrons. The standard InChI is InChI=1S/C26H18NS/c1-27-22-7-2-3-8-23(22)28-24(27)16-14-17-9-10-20-12-11-18-5-4-6-19-13-15-21(17)26(20)25(18)19/h2-16H,1H3/q+1/b16-14+. The van der Waals surface area contributed by atoms with Crippen molar-refractivity contribution in [3.05, 3.63) is 89.4 Å². The Balaban J connectivity index is 1.57. The van der Waals surface area contributed by atoms with E-state index in [0.717, 1.165) is 0 Å². The number of nitrogens with zero attached hydrogens (tertiary/aromatic N) is 1. The molecular formula is C26H18NS+. The minimum Gasteiger partial charge on any atom is -0.185 e. The highest BCUT2D eigenvalue weighted by molar-refractivity contribution is 7.18. The van der Waals surface area contributed by atoms with E-state index in [1.54, 1.807) is 0 Å².